The van der Waals surface area contributed by atoms with Crippen molar-refractivity contribution in [1.82, 2.24) is 5.32 Å². The number of hydrogen-bond donors (Lipinski definition) is 1. The van der Waals surface area contributed by atoms with Crippen LogP contribution in [0, 0.1) is 0 Å². The zero-order chi connectivity index (χ0) is 9.90. The lowest BCUT2D eigenvalue weighted by atomic mass is 10.2. The fraction of sp³-hybridized carbons (Fsp3) is 0.667. The highest BCUT2D eigenvalue weighted by Crippen LogP contribution is 2.16. The first kappa shape index (κ1) is 10.2. The average molecular weight is 185 g/mol. The molecule has 1 aliphatic heterocycles. The minimum Gasteiger partial charge on any atom is -0.348 e. The fourth-order valence-electron chi connectivity index (χ4n) is 1.04. The van der Waals surface area contributed by atoms with Gasteiger partial charge in [-0.25, -0.2) is 0 Å². The van der Waals surface area contributed by atoms with Gasteiger partial charge in [-0.1, -0.05) is 6.58 Å². The van der Waals surface area contributed by atoms with Crippen molar-refractivity contribution < 1.29 is 14.3 Å². The number of rotatable bonds is 2. The molecule has 0 radical (unpaired) electrons. The van der Waals surface area contributed by atoms with Gasteiger partial charge < -0.3 is 14.8 Å². The minimum absolute atomic E-state index is 0.0708. The van der Waals surface area contributed by atoms with Gasteiger partial charge in [0.15, 0.2) is 5.79 Å². The monoisotopic (exact) mass is 185 g/mol. The van der Waals surface area contributed by atoms with Gasteiger partial charge in [0.25, 0.3) is 0 Å². The normalized spacial score (nSPS) is 22.3. The molecule has 4 nitrogen and oxygen atoms in total. The Hall–Kier alpha value is -0.870. The molecule has 0 aliphatic carbocycles. The van der Waals surface area contributed by atoms with Crippen molar-refractivity contribution in [1.29, 1.82) is 0 Å². The molecule has 1 heterocycles. The summed E-state index contributed by atoms with van der Waals surface area (Å²) in [6.45, 7) is 8.01. The molecule has 0 aromatic carbocycles. The maximum atomic E-state index is 10.9. The van der Waals surface area contributed by atoms with Crippen molar-refractivity contribution in [3.8, 4) is 0 Å². The molecule has 0 saturated carbocycles. The van der Waals surface area contributed by atoms with Crippen molar-refractivity contribution in [2.24, 2.45) is 0 Å². The second-order valence-electron chi connectivity index (χ2n) is 3.43. The van der Waals surface area contributed by atoms with Gasteiger partial charge >= 0.3 is 0 Å². The second kappa shape index (κ2) is 3.89. The number of ether oxygens (including phenoxy) is 2. The molecule has 1 amide bonds. The van der Waals surface area contributed by atoms with Crippen LogP contribution in [0.3, 0.4) is 0 Å². The van der Waals surface area contributed by atoms with Crippen molar-refractivity contribution in [3.05, 3.63) is 12.7 Å². The summed E-state index contributed by atoms with van der Waals surface area (Å²) in [5.41, 5.74) is 0. The molecule has 4 heteroatoms. The largest absolute Gasteiger partial charge is 0.348 e. The summed E-state index contributed by atoms with van der Waals surface area (Å²) in [4.78, 5) is 10.9. The van der Waals surface area contributed by atoms with Crippen LogP contribution in [0.4, 0.5) is 0 Å². The third kappa shape index (κ3) is 3.16. The highest BCUT2D eigenvalue weighted by Gasteiger charge is 2.28. The van der Waals surface area contributed by atoms with E-state index in [4.69, 9.17) is 9.47 Å². The number of hydrogen-bond acceptors (Lipinski definition) is 3. The Morgan fingerprint density at radius 2 is 2.08 bits per heavy atom. The highest BCUT2D eigenvalue weighted by molar-refractivity contribution is 5.87. The maximum Gasteiger partial charge on any atom is 0.243 e. The van der Waals surface area contributed by atoms with E-state index in [0.29, 0.717) is 13.2 Å². The van der Waals surface area contributed by atoms with E-state index in [1.54, 1.807) is 0 Å². The van der Waals surface area contributed by atoms with Crippen LogP contribution in [0.5, 0.6) is 0 Å². The van der Waals surface area contributed by atoms with E-state index in [9.17, 15) is 4.79 Å². The molecule has 1 aliphatic rings. The zero-order valence-corrected chi connectivity index (χ0v) is 8.00. The van der Waals surface area contributed by atoms with Gasteiger partial charge in [0.2, 0.25) is 5.91 Å². The van der Waals surface area contributed by atoms with E-state index in [-0.39, 0.29) is 11.9 Å². The first-order chi connectivity index (χ1) is 6.03. The van der Waals surface area contributed by atoms with E-state index in [1.165, 1.54) is 6.08 Å². The number of nitrogens with one attached hydrogen (secondary N) is 1. The first-order valence-electron chi connectivity index (χ1n) is 4.24. The molecule has 13 heavy (non-hydrogen) atoms. The smallest absolute Gasteiger partial charge is 0.243 e. The van der Waals surface area contributed by atoms with E-state index in [0.717, 1.165) is 0 Å². The van der Waals surface area contributed by atoms with E-state index < -0.39 is 5.79 Å². The summed E-state index contributed by atoms with van der Waals surface area (Å²) >= 11 is 0. The summed E-state index contributed by atoms with van der Waals surface area (Å²) in [6.07, 6.45) is 1.24. The topological polar surface area (TPSA) is 47.6 Å². The van der Waals surface area contributed by atoms with Gasteiger partial charge in [0.1, 0.15) is 0 Å². The molecule has 1 N–H and O–H groups in total. The van der Waals surface area contributed by atoms with E-state index in [2.05, 4.69) is 11.9 Å². The molecule has 0 spiro atoms. The summed E-state index contributed by atoms with van der Waals surface area (Å²) in [5, 5.41) is 2.70. The van der Waals surface area contributed by atoms with Gasteiger partial charge in [-0.2, -0.15) is 0 Å². The molecular formula is C9H15NO3. The van der Waals surface area contributed by atoms with Gasteiger partial charge in [0, 0.05) is 0 Å². The van der Waals surface area contributed by atoms with Crippen molar-refractivity contribution in [3.63, 3.8) is 0 Å². The summed E-state index contributed by atoms with van der Waals surface area (Å²) in [7, 11) is 0. The van der Waals surface area contributed by atoms with Crippen LogP contribution in [-0.4, -0.2) is 30.9 Å². The Kier molecular flexibility index (Phi) is 3.06. The van der Waals surface area contributed by atoms with Crippen molar-refractivity contribution >= 4 is 5.91 Å². The molecule has 1 saturated heterocycles. The SMILES string of the molecule is C=CC(=O)NC1COC(C)(C)OC1. The molecule has 0 aromatic rings. The van der Waals surface area contributed by atoms with E-state index >= 15 is 0 Å². The van der Waals surface area contributed by atoms with Gasteiger partial charge in [-0.3, -0.25) is 4.79 Å². The lowest BCUT2D eigenvalue weighted by molar-refractivity contribution is -0.252. The first-order valence-corrected chi connectivity index (χ1v) is 4.24. The second-order valence-corrected chi connectivity index (χ2v) is 3.43. The Labute approximate surface area is 77.9 Å². The summed E-state index contributed by atoms with van der Waals surface area (Å²) in [6, 6.07) is -0.0708. The highest BCUT2D eigenvalue weighted by atomic mass is 16.7. The number of carbonyl (C=O) groups is 1. The fourth-order valence-corrected chi connectivity index (χ4v) is 1.04. The predicted molar refractivity (Wildman–Crippen MR) is 48.1 cm³/mol. The quantitative estimate of drug-likeness (QED) is 0.635. The van der Waals surface area contributed by atoms with Crippen LogP contribution < -0.4 is 5.32 Å². The van der Waals surface area contributed by atoms with Crippen molar-refractivity contribution in [2.45, 2.75) is 25.7 Å². The minimum atomic E-state index is -0.532. The summed E-state index contributed by atoms with van der Waals surface area (Å²) < 4.78 is 10.7. The lowest BCUT2D eigenvalue weighted by Gasteiger charge is -2.34. The number of carbonyl (C=O) groups excluding carboxylic acids is 1. The Morgan fingerprint density at radius 1 is 1.54 bits per heavy atom. The Balaban J connectivity index is 2.33. The molecule has 0 atom stereocenters. The molecule has 0 aromatic heterocycles. The Morgan fingerprint density at radius 3 is 2.54 bits per heavy atom. The van der Waals surface area contributed by atoms with Crippen LogP contribution in [0.15, 0.2) is 12.7 Å². The van der Waals surface area contributed by atoms with Gasteiger partial charge in [-0.15, -0.1) is 0 Å². The molecule has 0 unspecified atom stereocenters. The average Bonchev–Trinajstić information content (AvgIpc) is 2.08. The molecular weight excluding hydrogens is 170 g/mol. The van der Waals surface area contributed by atoms with Crippen LogP contribution in [0.1, 0.15) is 13.8 Å². The summed E-state index contributed by atoms with van der Waals surface area (Å²) in [5.74, 6) is -0.730. The third-order valence-corrected chi connectivity index (χ3v) is 1.80. The molecule has 0 bridgehead atoms. The Bertz CT molecular complexity index is 203. The zero-order valence-electron chi connectivity index (χ0n) is 8.00. The van der Waals surface area contributed by atoms with Crippen LogP contribution in [0.25, 0.3) is 0 Å². The lowest BCUT2D eigenvalue weighted by Crippen LogP contribution is -2.49. The van der Waals surface area contributed by atoms with Gasteiger partial charge in [0.05, 0.1) is 19.3 Å². The maximum absolute atomic E-state index is 10.9. The van der Waals surface area contributed by atoms with Crippen LogP contribution in [0.2, 0.25) is 0 Å². The predicted octanol–water partition coefficient (Wildman–Crippen LogP) is 0.440. The molecule has 74 valence electrons. The third-order valence-electron chi connectivity index (χ3n) is 1.80. The number of amides is 1. The molecule has 1 rings (SSSR count). The van der Waals surface area contributed by atoms with Crippen LogP contribution >= 0.6 is 0 Å². The van der Waals surface area contributed by atoms with Crippen molar-refractivity contribution in [2.75, 3.05) is 13.2 Å². The van der Waals surface area contributed by atoms with Gasteiger partial charge in [-0.05, 0) is 19.9 Å². The van der Waals surface area contributed by atoms with Crippen LogP contribution in [-0.2, 0) is 14.3 Å². The standard InChI is InChI=1S/C9H15NO3/c1-4-8(11)10-7-5-12-9(2,3)13-6-7/h4,7H,1,5-6H2,2-3H3,(H,10,11). The molecule has 1 fully saturated rings. The van der Waals surface area contributed by atoms with E-state index in [1.807, 2.05) is 13.8 Å².